The van der Waals surface area contributed by atoms with Crippen molar-refractivity contribution in [2.75, 3.05) is 11.9 Å². The molecular formula is C16H26N2O2S. The van der Waals surface area contributed by atoms with Crippen LogP contribution in [0.15, 0.2) is 29.2 Å². The monoisotopic (exact) mass is 310 g/mol. The maximum absolute atomic E-state index is 11.6. The quantitative estimate of drug-likeness (QED) is 0.846. The minimum Gasteiger partial charge on any atom is -0.383 e. The van der Waals surface area contributed by atoms with E-state index in [9.17, 15) is 8.42 Å². The molecule has 0 heterocycles. The molecule has 1 aromatic rings. The fourth-order valence-corrected chi connectivity index (χ4v) is 4.30. The summed E-state index contributed by atoms with van der Waals surface area (Å²) >= 11 is 0. The first-order chi connectivity index (χ1) is 9.82. The number of para-hydroxylation sites is 1. The molecule has 0 spiro atoms. The van der Waals surface area contributed by atoms with Crippen molar-refractivity contribution in [3.63, 3.8) is 0 Å². The third-order valence-electron chi connectivity index (χ3n) is 4.35. The second-order valence-corrected chi connectivity index (χ2v) is 8.23. The highest BCUT2D eigenvalue weighted by molar-refractivity contribution is 7.89. The molecule has 0 bridgehead atoms. The molecule has 5 heteroatoms. The van der Waals surface area contributed by atoms with E-state index in [4.69, 9.17) is 5.14 Å². The van der Waals surface area contributed by atoms with Gasteiger partial charge in [-0.2, -0.15) is 0 Å². The van der Waals surface area contributed by atoms with Crippen LogP contribution in [0.3, 0.4) is 0 Å². The topological polar surface area (TPSA) is 72.2 Å². The van der Waals surface area contributed by atoms with Crippen molar-refractivity contribution < 1.29 is 8.42 Å². The van der Waals surface area contributed by atoms with E-state index in [0.29, 0.717) is 17.0 Å². The van der Waals surface area contributed by atoms with Gasteiger partial charge in [-0.1, -0.05) is 38.8 Å². The summed E-state index contributed by atoms with van der Waals surface area (Å²) in [6.45, 7) is 5.31. The second-order valence-electron chi connectivity index (χ2n) is 6.70. The summed E-state index contributed by atoms with van der Waals surface area (Å²) in [6.07, 6.45) is 6.15. The molecule has 2 rings (SSSR count). The fraction of sp³-hybridized carbons (Fsp3) is 0.625. The smallest absolute Gasteiger partial charge is 0.240 e. The minimum absolute atomic E-state index is 0.183. The molecule has 1 aliphatic rings. The Balaban J connectivity index is 2.15. The van der Waals surface area contributed by atoms with Crippen LogP contribution in [0.5, 0.6) is 0 Å². The predicted octanol–water partition coefficient (Wildman–Crippen LogP) is 3.35. The number of nitrogens with two attached hydrogens (primary N) is 1. The molecule has 0 saturated heterocycles. The first-order valence-electron chi connectivity index (χ1n) is 7.68. The van der Waals surface area contributed by atoms with Gasteiger partial charge in [0.25, 0.3) is 0 Å². The van der Waals surface area contributed by atoms with E-state index < -0.39 is 10.0 Å². The van der Waals surface area contributed by atoms with Gasteiger partial charge >= 0.3 is 0 Å². The SMILES string of the molecule is CC(C)CC1(CNc2ccccc2S(N)(=O)=O)CCCC1. The molecule has 0 aliphatic heterocycles. The third-order valence-corrected chi connectivity index (χ3v) is 5.32. The number of hydrogen-bond acceptors (Lipinski definition) is 3. The van der Waals surface area contributed by atoms with Crippen LogP contribution in [0.2, 0.25) is 0 Å². The molecule has 0 amide bonds. The summed E-state index contributed by atoms with van der Waals surface area (Å²) in [5, 5.41) is 8.64. The maximum atomic E-state index is 11.6. The van der Waals surface area contributed by atoms with Crippen molar-refractivity contribution in [3.8, 4) is 0 Å². The summed E-state index contributed by atoms with van der Waals surface area (Å²) in [5.74, 6) is 0.651. The summed E-state index contributed by atoms with van der Waals surface area (Å²) in [7, 11) is -3.68. The highest BCUT2D eigenvalue weighted by atomic mass is 32.2. The lowest BCUT2D eigenvalue weighted by Gasteiger charge is -2.32. The lowest BCUT2D eigenvalue weighted by atomic mass is 9.78. The molecule has 118 valence electrons. The molecule has 1 aromatic carbocycles. The molecule has 1 saturated carbocycles. The van der Waals surface area contributed by atoms with Crippen LogP contribution in [-0.2, 0) is 10.0 Å². The van der Waals surface area contributed by atoms with Crippen LogP contribution in [-0.4, -0.2) is 15.0 Å². The van der Waals surface area contributed by atoms with Crippen molar-refractivity contribution in [3.05, 3.63) is 24.3 Å². The van der Waals surface area contributed by atoms with Gasteiger partial charge in [0.05, 0.1) is 5.69 Å². The first-order valence-corrected chi connectivity index (χ1v) is 9.23. The highest BCUT2D eigenvalue weighted by Gasteiger charge is 2.34. The van der Waals surface area contributed by atoms with Crippen molar-refractivity contribution in [1.82, 2.24) is 0 Å². The molecule has 0 unspecified atom stereocenters. The van der Waals surface area contributed by atoms with Crippen LogP contribution in [0.25, 0.3) is 0 Å². The van der Waals surface area contributed by atoms with Crippen molar-refractivity contribution >= 4 is 15.7 Å². The van der Waals surface area contributed by atoms with E-state index in [0.717, 1.165) is 6.54 Å². The Labute approximate surface area is 128 Å². The van der Waals surface area contributed by atoms with E-state index in [1.807, 2.05) is 6.07 Å². The molecule has 4 nitrogen and oxygen atoms in total. The van der Waals surface area contributed by atoms with Gasteiger partial charge in [-0.15, -0.1) is 0 Å². The maximum Gasteiger partial charge on any atom is 0.240 e. The van der Waals surface area contributed by atoms with Crippen molar-refractivity contribution in [2.24, 2.45) is 16.5 Å². The lowest BCUT2D eigenvalue weighted by molar-refractivity contribution is 0.252. The minimum atomic E-state index is -3.68. The van der Waals surface area contributed by atoms with E-state index in [-0.39, 0.29) is 4.90 Å². The third kappa shape index (κ3) is 4.20. The summed E-state index contributed by atoms with van der Waals surface area (Å²) < 4.78 is 23.3. The Bertz CT molecular complexity index is 576. The van der Waals surface area contributed by atoms with Crippen molar-refractivity contribution in [1.29, 1.82) is 0 Å². The Hall–Kier alpha value is -1.07. The van der Waals surface area contributed by atoms with E-state index in [1.165, 1.54) is 32.1 Å². The molecule has 0 radical (unpaired) electrons. The largest absolute Gasteiger partial charge is 0.383 e. The molecular weight excluding hydrogens is 284 g/mol. The lowest BCUT2D eigenvalue weighted by Crippen LogP contribution is -2.29. The van der Waals surface area contributed by atoms with Gasteiger partial charge in [-0.25, -0.2) is 13.6 Å². The van der Waals surface area contributed by atoms with Gasteiger partial charge in [0.15, 0.2) is 0 Å². The number of nitrogens with one attached hydrogen (secondary N) is 1. The summed E-state index contributed by atoms with van der Waals surface area (Å²) in [6, 6.07) is 6.88. The zero-order valence-corrected chi connectivity index (χ0v) is 13.7. The number of hydrogen-bond donors (Lipinski definition) is 2. The normalized spacial score (nSPS) is 18.1. The average Bonchev–Trinajstić information content (AvgIpc) is 2.84. The molecule has 21 heavy (non-hydrogen) atoms. The zero-order valence-electron chi connectivity index (χ0n) is 12.9. The predicted molar refractivity (Wildman–Crippen MR) is 86.7 cm³/mol. The van der Waals surface area contributed by atoms with Gasteiger partial charge in [-0.05, 0) is 42.7 Å². The van der Waals surface area contributed by atoms with Gasteiger partial charge in [0, 0.05) is 6.54 Å². The Morgan fingerprint density at radius 2 is 1.86 bits per heavy atom. The fourth-order valence-electron chi connectivity index (χ4n) is 3.59. The van der Waals surface area contributed by atoms with E-state index >= 15 is 0 Å². The average molecular weight is 310 g/mol. The van der Waals surface area contributed by atoms with Crippen LogP contribution in [0, 0.1) is 11.3 Å². The first kappa shape index (κ1) is 16.3. The van der Waals surface area contributed by atoms with Crippen LogP contribution < -0.4 is 10.5 Å². The molecule has 3 N–H and O–H groups in total. The van der Waals surface area contributed by atoms with Crippen molar-refractivity contribution in [2.45, 2.75) is 50.8 Å². The molecule has 0 atom stereocenters. The van der Waals surface area contributed by atoms with Gasteiger partial charge < -0.3 is 5.32 Å². The highest BCUT2D eigenvalue weighted by Crippen LogP contribution is 2.43. The zero-order chi connectivity index (χ0) is 15.5. The standard InChI is InChI=1S/C16H26N2O2S/c1-13(2)11-16(9-5-6-10-16)12-18-14-7-3-4-8-15(14)21(17,19)20/h3-4,7-8,13,18H,5-6,9-12H2,1-2H3,(H2,17,19,20). The number of benzene rings is 1. The van der Waals surface area contributed by atoms with Gasteiger partial charge in [0.1, 0.15) is 4.90 Å². The Morgan fingerprint density at radius 1 is 1.24 bits per heavy atom. The van der Waals surface area contributed by atoms with Gasteiger partial charge in [-0.3, -0.25) is 0 Å². The second kappa shape index (κ2) is 6.36. The Morgan fingerprint density at radius 3 is 2.43 bits per heavy atom. The van der Waals surface area contributed by atoms with E-state index in [2.05, 4.69) is 19.2 Å². The summed E-state index contributed by atoms with van der Waals surface area (Å²) in [4.78, 5) is 0.183. The van der Waals surface area contributed by atoms with Crippen LogP contribution in [0.1, 0.15) is 46.0 Å². The molecule has 1 aliphatic carbocycles. The van der Waals surface area contributed by atoms with Crippen LogP contribution >= 0.6 is 0 Å². The van der Waals surface area contributed by atoms with Crippen LogP contribution in [0.4, 0.5) is 5.69 Å². The molecule has 0 aromatic heterocycles. The number of sulfonamides is 1. The number of rotatable bonds is 6. The molecule has 1 fully saturated rings. The summed E-state index contributed by atoms with van der Waals surface area (Å²) in [5.41, 5.74) is 0.912. The van der Waals surface area contributed by atoms with Gasteiger partial charge in [0.2, 0.25) is 10.0 Å². The number of anilines is 1. The van der Waals surface area contributed by atoms with E-state index in [1.54, 1.807) is 18.2 Å². The Kier molecular flexibility index (Phi) is 4.94. The number of primary sulfonamides is 1.